The fraction of sp³-hybridized carbons (Fsp3) is 0.229. The predicted octanol–water partition coefficient (Wildman–Crippen LogP) is 5.87. The van der Waals surface area contributed by atoms with E-state index in [9.17, 15) is 9.59 Å². The Balaban J connectivity index is 1.49. The summed E-state index contributed by atoms with van der Waals surface area (Å²) in [4.78, 5) is 42.2. The minimum absolute atomic E-state index is 0.00263. The summed E-state index contributed by atoms with van der Waals surface area (Å²) in [5.74, 6) is 0.652. The summed E-state index contributed by atoms with van der Waals surface area (Å²) < 4.78 is 19.4. The van der Waals surface area contributed by atoms with Gasteiger partial charge in [0.25, 0.3) is 5.56 Å². The van der Waals surface area contributed by atoms with Gasteiger partial charge in [-0.15, -0.1) is 0 Å². The van der Waals surface area contributed by atoms with Crippen molar-refractivity contribution in [2.75, 3.05) is 6.61 Å². The van der Waals surface area contributed by atoms with Gasteiger partial charge in [-0.2, -0.15) is 0 Å². The lowest BCUT2D eigenvalue weighted by Gasteiger charge is -2.26. The standard InChI is InChI=1S/C35H32N4O5S2/c1-6-42-33(41)29-30(23-10-8-7-9-11-23)38-35-39(31(29)24-12-14-25(15-13-24)43-20(2)3)32(40)27(45-35)19-26-16-17-28(44-26)46-34-36-21(4)18-22(5)37-34/h7-20,31H,6H2,1-5H3/b27-19-/t31-/m0/s1. The second-order valence-electron chi connectivity index (χ2n) is 10.9. The second-order valence-corrected chi connectivity index (χ2v) is 12.8. The van der Waals surface area contributed by atoms with Crippen LogP contribution in [0.1, 0.15) is 55.1 Å². The van der Waals surface area contributed by atoms with E-state index < -0.39 is 12.0 Å². The number of aryl methyl sites for hydroxylation is 2. The van der Waals surface area contributed by atoms with Crippen LogP contribution >= 0.6 is 23.1 Å². The molecule has 0 aliphatic carbocycles. The van der Waals surface area contributed by atoms with Crippen LogP contribution in [0, 0.1) is 13.8 Å². The molecule has 234 valence electrons. The predicted molar refractivity (Wildman–Crippen MR) is 178 cm³/mol. The molecule has 0 radical (unpaired) electrons. The van der Waals surface area contributed by atoms with Crippen LogP contribution in [0.25, 0.3) is 11.8 Å². The Bertz CT molecular complexity index is 2090. The number of aromatic nitrogens is 3. The monoisotopic (exact) mass is 652 g/mol. The molecule has 0 saturated heterocycles. The summed E-state index contributed by atoms with van der Waals surface area (Å²) in [7, 11) is 0. The van der Waals surface area contributed by atoms with E-state index in [-0.39, 0.29) is 23.8 Å². The number of hydrogen-bond donors (Lipinski definition) is 0. The van der Waals surface area contributed by atoms with E-state index in [0.717, 1.165) is 22.5 Å². The van der Waals surface area contributed by atoms with E-state index in [1.165, 1.54) is 23.1 Å². The van der Waals surface area contributed by atoms with Crippen molar-refractivity contribution in [1.29, 1.82) is 0 Å². The van der Waals surface area contributed by atoms with Gasteiger partial charge >= 0.3 is 5.97 Å². The summed E-state index contributed by atoms with van der Waals surface area (Å²) in [6, 6.07) is 21.6. The summed E-state index contributed by atoms with van der Waals surface area (Å²) in [6.07, 6.45) is 1.69. The van der Waals surface area contributed by atoms with Gasteiger partial charge in [0.05, 0.1) is 34.6 Å². The number of nitrogens with zero attached hydrogens (tertiary/aromatic N) is 4. The maximum Gasteiger partial charge on any atom is 0.338 e. The van der Waals surface area contributed by atoms with Gasteiger partial charge in [0.1, 0.15) is 11.5 Å². The molecule has 6 rings (SSSR count). The van der Waals surface area contributed by atoms with Gasteiger partial charge in [0.15, 0.2) is 15.1 Å². The number of rotatable bonds is 9. The van der Waals surface area contributed by atoms with E-state index in [2.05, 4.69) is 9.97 Å². The smallest absolute Gasteiger partial charge is 0.338 e. The molecule has 1 aliphatic rings. The molecule has 0 saturated carbocycles. The number of fused-ring (bicyclic) bond motifs is 1. The zero-order valence-electron chi connectivity index (χ0n) is 26.0. The van der Waals surface area contributed by atoms with Crippen molar-refractivity contribution < 1.29 is 18.7 Å². The summed E-state index contributed by atoms with van der Waals surface area (Å²) in [6.45, 7) is 9.68. The van der Waals surface area contributed by atoms with E-state index in [4.69, 9.17) is 18.9 Å². The quantitative estimate of drug-likeness (QED) is 0.144. The largest absolute Gasteiger partial charge is 0.491 e. The van der Waals surface area contributed by atoms with E-state index >= 15 is 0 Å². The minimum Gasteiger partial charge on any atom is -0.491 e. The molecule has 9 nitrogen and oxygen atoms in total. The van der Waals surface area contributed by atoms with Gasteiger partial charge in [-0.1, -0.05) is 53.8 Å². The molecular weight excluding hydrogens is 621 g/mol. The molecule has 5 aromatic rings. The molecule has 0 bridgehead atoms. The van der Waals surface area contributed by atoms with Crippen molar-refractivity contribution in [3.63, 3.8) is 0 Å². The van der Waals surface area contributed by atoms with Crippen molar-refractivity contribution in [2.45, 2.75) is 57.0 Å². The molecule has 2 aromatic carbocycles. The highest BCUT2D eigenvalue weighted by Gasteiger charge is 2.35. The highest BCUT2D eigenvalue weighted by atomic mass is 32.2. The van der Waals surface area contributed by atoms with Gasteiger partial charge in [-0.25, -0.2) is 19.8 Å². The molecule has 11 heteroatoms. The van der Waals surface area contributed by atoms with Gasteiger partial charge < -0.3 is 13.9 Å². The third-order valence-electron chi connectivity index (χ3n) is 6.97. The number of thiazole rings is 1. The van der Waals surface area contributed by atoms with Crippen molar-refractivity contribution in [3.05, 3.63) is 126 Å². The topological polar surface area (TPSA) is 109 Å². The third-order valence-corrected chi connectivity index (χ3v) is 8.74. The molecule has 46 heavy (non-hydrogen) atoms. The van der Waals surface area contributed by atoms with Gasteiger partial charge in [0, 0.05) is 23.0 Å². The van der Waals surface area contributed by atoms with Crippen LogP contribution in [0.2, 0.25) is 0 Å². The lowest BCUT2D eigenvalue weighted by atomic mass is 9.93. The number of benzene rings is 2. The fourth-order valence-electron chi connectivity index (χ4n) is 5.18. The lowest BCUT2D eigenvalue weighted by molar-refractivity contribution is -0.138. The first-order valence-electron chi connectivity index (χ1n) is 14.8. The van der Waals surface area contributed by atoms with Crippen molar-refractivity contribution >= 4 is 40.8 Å². The van der Waals surface area contributed by atoms with E-state index in [0.29, 0.717) is 36.8 Å². The van der Waals surface area contributed by atoms with Crippen LogP contribution in [-0.4, -0.2) is 33.2 Å². The first kappa shape index (κ1) is 31.3. The van der Waals surface area contributed by atoms with Crippen LogP contribution in [0.3, 0.4) is 0 Å². The molecule has 0 amide bonds. The number of hydrogen-bond acceptors (Lipinski definition) is 10. The van der Waals surface area contributed by atoms with Crippen LogP contribution in [0.15, 0.2) is 103 Å². The summed E-state index contributed by atoms with van der Waals surface area (Å²) >= 11 is 2.55. The summed E-state index contributed by atoms with van der Waals surface area (Å²) in [5.41, 5.74) is 3.66. The highest BCUT2D eigenvalue weighted by molar-refractivity contribution is 7.99. The van der Waals surface area contributed by atoms with Crippen LogP contribution in [0.5, 0.6) is 5.75 Å². The number of carbonyl (C=O) groups excluding carboxylic acids is 1. The Hall–Kier alpha value is -4.74. The first-order valence-corrected chi connectivity index (χ1v) is 16.5. The molecular formula is C35H32N4O5S2. The Morgan fingerprint density at radius 3 is 2.43 bits per heavy atom. The van der Waals surface area contributed by atoms with Crippen LogP contribution < -0.4 is 19.6 Å². The molecule has 4 heterocycles. The molecule has 1 aliphatic heterocycles. The van der Waals surface area contributed by atoms with E-state index in [1.54, 1.807) is 23.6 Å². The Labute approximate surface area is 274 Å². The highest BCUT2D eigenvalue weighted by Crippen LogP contribution is 2.36. The normalized spacial score (nSPS) is 14.7. The molecule has 0 spiro atoms. The molecule has 0 fully saturated rings. The number of furan rings is 1. The Kier molecular flexibility index (Phi) is 9.05. The summed E-state index contributed by atoms with van der Waals surface area (Å²) in [5, 5.41) is 1.18. The first-order chi connectivity index (χ1) is 22.2. The zero-order valence-corrected chi connectivity index (χ0v) is 27.6. The van der Waals surface area contributed by atoms with Crippen LogP contribution in [0.4, 0.5) is 0 Å². The molecule has 0 N–H and O–H groups in total. The number of ether oxygens (including phenoxy) is 2. The zero-order chi connectivity index (χ0) is 32.4. The van der Waals surface area contributed by atoms with Crippen LogP contribution in [-0.2, 0) is 9.53 Å². The maximum absolute atomic E-state index is 14.2. The molecule has 1 atom stereocenters. The van der Waals surface area contributed by atoms with Gasteiger partial charge in [0.2, 0.25) is 0 Å². The SMILES string of the molecule is CCOC(=O)C1=C(c2ccccc2)N=c2s/c(=C\c3ccc(Sc4nc(C)cc(C)n4)o3)c(=O)n2[C@H]1c1ccc(OC(C)C)cc1. The van der Waals surface area contributed by atoms with Gasteiger partial charge in [-0.05, 0) is 82.3 Å². The number of esters is 1. The lowest BCUT2D eigenvalue weighted by Crippen LogP contribution is -2.40. The average Bonchev–Trinajstić information content (AvgIpc) is 3.59. The van der Waals surface area contributed by atoms with E-state index in [1.807, 2.05) is 94.4 Å². The third kappa shape index (κ3) is 6.61. The Morgan fingerprint density at radius 1 is 1.04 bits per heavy atom. The average molecular weight is 653 g/mol. The molecule has 3 aromatic heterocycles. The fourth-order valence-corrected chi connectivity index (χ4v) is 7.00. The number of carbonyl (C=O) groups is 1. The molecule has 0 unspecified atom stereocenters. The van der Waals surface area contributed by atoms with Gasteiger partial charge in [-0.3, -0.25) is 9.36 Å². The van der Waals surface area contributed by atoms with Crippen molar-refractivity contribution in [2.24, 2.45) is 4.99 Å². The van der Waals surface area contributed by atoms with Crippen molar-refractivity contribution in [1.82, 2.24) is 14.5 Å². The Morgan fingerprint density at radius 2 is 1.76 bits per heavy atom. The minimum atomic E-state index is -0.787. The maximum atomic E-state index is 14.2. The second kappa shape index (κ2) is 13.3. The van der Waals surface area contributed by atoms with Crippen molar-refractivity contribution in [3.8, 4) is 5.75 Å².